The van der Waals surface area contributed by atoms with Crippen LogP contribution in [0.3, 0.4) is 0 Å². The number of methoxy groups -OCH3 is 3. The van der Waals surface area contributed by atoms with E-state index in [2.05, 4.69) is 10.6 Å². The van der Waals surface area contributed by atoms with Crippen LogP contribution >= 0.6 is 23.2 Å². The van der Waals surface area contributed by atoms with Crippen LogP contribution in [0.2, 0.25) is 10.0 Å². The number of benzene rings is 2. The van der Waals surface area contributed by atoms with Crippen molar-refractivity contribution in [2.45, 2.75) is 6.54 Å². The van der Waals surface area contributed by atoms with Crippen LogP contribution in [0.1, 0.15) is 5.56 Å². The smallest absolute Gasteiger partial charge is 0.319 e. The molecule has 0 radical (unpaired) electrons. The van der Waals surface area contributed by atoms with E-state index in [0.29, 0.717) is 33.0 Å². The van der Waals surface area contributed by atoms with Crippen molar-refractivity contribution < 1.29 is 19.0 Å². The number of amides is 2. The van der Waals surface area contributed by atoms with Gasteiger partial charge < -0.3 is 24.8 Å². The summed E-state index contributed by atoms with van der Waals surface area (Å²) in [6.07, 6.45) is 0. The van der Waals surface area contributed by atoms with Crippen molar-refractivity contribution in [1.29, 1.82) is 0 Å². The predicted molar refractivity (Wildman–Crippen MR) is 98.4 cm³/mol. The van der Waals surface area contributed by atoms with Crippen LogP contribution < -0.4 is 24.8 Å². The number of hydrogen-bond acceptors (Lipinski definition) is 4. The molecular formula is C17H18Cl2N2O4. The van der Waals surface area contributed by atoms with Crippen molar-refractivity contribution in [2.75, 3.05) is 26.6 Å². The SMILES string of the molecule is COc1cc(CNC(=O)Nc2ccc(Cl)cc2Cl)cc(OC)c1OC. The molecule has 2 amide bonds. The molecule has 0 saturated carbocycles. The van der Waals surface area contributed by atoms with E-state index < -0.39 is 6.03 Å². The number of nitrogens with one attached hydrogen (secondary N) is 2. The number of halogens is 2. The molecule has 0 unspecified atom stereocenters. The van der Waals surface area contributed by atoms with Gasteiger partial charge in [0.1, 0.15) is 0 Å². The lowest BCUT2D eigenvalue weighted by molar-refractivity contribution is 0.251. The van der Waals surface area contributed by atoms with Crippen molar-refractivity contribution in [3.05, 3.63) is 45.9 Å². The van der Waals surface area contributed by atoms with Crippen molar-refractivity contribution in [3.63, 3.8) is 0 Å². The molecule has 0 aliphatic rings. The monoisotopic (exact) mass is 384 g/mol. The molecular weight excluding hydrogens is 367 g/mol. The zero-order valence-corrected chi connectivity index (χ0v) is 15.5. The van der Waals surface area contributed by atoms with E-state index in [1.54, 1.807) is 30.3 Å². The summed E-state index contributed by atoms with van der Waals surface area (Å²) >= 11 is 11.9. The predicted octanol–water partition coefficient (Wildman–Crippen LogP) is 4.34. The van der Waals surface area contributed by atoms with E-state index in [4.69, 9.17) is 37.4 Å². The van der Waals surface area contributed by atoms with Crippen molar-refractivity contribution >= 4 is 34.9 Å². The average Bonchev–Trinajstić information content (AvgIpc) is 2.61. The highest BCUT2D eigenvalue weighted by molar-refractivity contribution is 6.36. The first kappa shape index (κ1) is 19.0. The molecule has 0 heterocycles. The first-order valence-electron chi connectivity index (χ1n) is 7.27. The number of hydrogen-bond donors (Lipinski definition) is 2. The highest BCUT2D eigenvalue weighted by Crippen LogP contribution is 2.38. The summed E-state index contributed by atoms with van der Waals surface area (Å²) in [4.78, 5) is 12.1. The van der Waals surface area contributed by atoms with Crippen LogP contribution in [0.4, 0.5) is 10.5 Å². The fourth-order valence-corrected chi connectivity index (χ4v) is 2.63. The Kier molecular flexibility index (Phi) is 6.61. The second kappa shape index (κ2) is 8.69. The van der Waals surface area contributed by atoms with E-state index in [0.717, 1.165) is 5.56 Å². The van der Waals surface area contributed by atoms with Gasteiger partial charge in [-0.05, 0) is 35.9 Å². The van der Waals surface area contributed by atoms with E-state index in [-0.39, 0.29) is 6.54 Å². The van der Waals surface area contributed by atoms with Gasteiger partial charge in [-0.1, -0.05) is 23.2 Å². The molecule has 0 aliphatic carbocycles. The van der Waals surface area contributed by atoms with E-state index in [1.165, 1.54) is 21.3 Å². The van der Waals surface area contributed by atoms with Gasteiger partial charge in [0.2, 0.25) is 5.75 Å². The Morgan fingerprint density at radius 3 is 2.16 bits per heavy atom. The van der Waals surface area contributed by atoms with Gasteiger partial charge in [0.05, 0.1) is 32.0 Å². The summed E-state index contributed by atoms with van der Waals surface area (Å²) in [6.45, 7) is 0.258. The highest BCUT2D eigenvalue weighted by atomic mass is 35.5. The van der Waals surface area contributed by atoms with Crippen LogP contribution in [-0.2, 0) is 6.54 Å². The molecule has 0 bridgehead atoms. The Bertz CT molecular complexity index is 743. The Balaban J connectivity index is 2.06. The lowest BCUT2D eigenvalue weighted by Crippen LogP contribution is -2.28. The number of rotatable bonds is 6. The van der Waals surface area contributed by atoms with Crippen LogP contribution in [0.25, 0.3) is 0 Å². The largest absolute Gasteiger partial charge is 0.493 e. The Morgan fingerprint density at radius 1 is 1.00 bits per heavy atom. The minimum absolute atomic E-state index is 0.258. The van der Waals surface area contributed by atoms with Crippen LogP contribution in [0.15, 0.2) is 30.3 Å². The quantitative estimate of drug-likeness (QED) is 0.776. The Labute approximate surface area is 156 Å². The molecule has 2 N–H and O–H groups in total. The van der Waals surface area contributed by atoms with Crippen LogP contribution in [0.5, 0.6) is 17.2 Å². The summed E-state index contributed by atoms with van der Waals surface area (Å²) in [6, 6.07) is 7.94. The van der Waals surface area contributed by atoms with Gasteiger partial charge in [-0.2, -0.15) is 0 Å². The lowest BCUT2D eigenvalue weighted by atomic mass is 10.2. The molecule has 0 saturated heterocycles. The maximum Gasteiger partial charge on any atom is 0.319 e. The van der Waals surface area contributed by atoms with Crippen LogP contribution in [-0.4, -0.2) is 27.4 Å². The number of carbonyl (C=O) groups excluding carboxylic acids is 1. The molecule has 0 atom stereocenters. The van der Waals surface area contributed by atoms with Gasteiger partial charge in [-0.25, -0.2) is 4.79 Å². The molecule has 25 heavy (non-hydrogen) atoms. The summed E-state index contributed by atoms with van der Waals surface area (Å²) in [7, 11) is 4.59. The van der Waals surface area contributed by atoms with Gasteiger partial charge in [0, 0.05) is 11.6 Å². The topological polar surface area (TPSA) is 68.8 Å². The zero-order valence-electron chi connectivity index (χ0n) is 14.0. The number of anilines is 1. The fourth-order valence-electron chi connectivity index (χ4n) is 2.18. The summed E-state index contributed by atoms with van der Waals surface area (Å²) in [5.74, 6) is 1.52. The summed E-state index contributed by atoms with van der Waals surface area (Å²) in [5.41, 5.74) is 1.25. The number of carbonyl (C=O) groups is 1. The van der Waals surface area contributed by atoms with Gasteiger partial charge >= 0.3 is 6.03 Å². The molecule has 0 spiro atoms. The summed E-state index contributed by atoms with van der Waals surface area (Å²) < 4.78 is 15.8. The number of urea groups is 1. The third-order valence-electron chi connectivity index (χ3n) is 3.36. The Hall–Kier alpha value is -2.31. The zero-order chi connectivity index (χ0) is 18.4. The minimum atomic E-state index is -0.405. The minimum Gasteiger partial charge on any atom is -0.493 e. The highest BCUT2D eigenvalue weighted by Gasteiger charge is 2.14. The average molecular weight is 385 g/mol. The lowest BCUT2D eigenvalue weighted by Gasteiger charge is -2.15. The maximum absolute atomic E-state index is 12.1. The fraction of sp³-hybridized carbons (Fsp3) is 0.235. The van der Waals surface area contributed by atoms with Crippen molar-refractivity contribution in [3.8, 4) is 17.2 Å². The molecule has 8 heteroatoms. The number of ether oxygens (including phenoxy) is 3. The maximum atomic E-state index is 12.1. The standard InChI is InChI=1S/C17H18Cl2N2O4/c1-23-14-6-10(7-15(24-2)16(14)25-3)9-20-17(22)21-13-5-4-11(18)8-12(13)19/h4-8H,9H2,1-3H3,(H2,20,21,22). The van der Waals surface area contributed by atoms with Crippen LogP contribution in [0, 0.1) is 0 Å². The van der Waals surface area contributed by atoms with E-state index in [9.17, 15) is 4.79 Å². The molecule has 0 aliphatic heterocycles. The molecule has 134 valence electrons. The third-order valence-corrected chi connectivity index (χ3v) is 3.90. The molecule has 0 aromatic heterocycles. The Morgan fingerprint density at radius 2 is 1.64 bits per heavy atom. The van der Waals surface area contributed by atoms with Gasteiger partial charge in [-0.15, -0.1) is 0 Å². The molecule has 6 nitrogen and oxygen atoms in total. The molecule has 2 rings (SSSR count). The van der Waals surface area contributed by atoms with Crippen molar-refractivity contribution in [2.24, 2.45) is 0 Å². The summed E-state index contributed by atoms with van der Waals surface area (Å²) in [5, 5.41) is 6.25. The van der Waals surface area contributed by atoms with Gasteiger partial charge in [-0.3, -0.25) is 0 Å². The molecule has 2 aromatic rings. The van der Waals surface area contributed by atoms with Gasteiger partial charge in [0.25, 0.3) is 0 Å². The molecule has 2 aromatic carbocycles. The second-order valence-electron chi connectivity index (χ2n) is 4.97. The third kappa shape index (κ3) is 4.84. The van der Waals surface area contributed by atoms with E-state index in [1.807, 2.05) is 0 Å². The van der Waals surface area contributed by atoms with Gasteiger partial charge in [0.15, 0.2) is 11.5 Å². The normalized spacial score (nSPS) is 10.1. The second-order valence-corrected chi connectivity index (χ2v) is 5.81. The first-order valence-corrected chi connectivity index (χ1v) is 8.02. The molecule has 0 fully saturated rings. The van der Waals surface area contributed by atoms with E-state index >= 15 is 0 Å². The first-order chi connectivity index (χ1) is 12.0. The van der Waals surface area contributed by atoms with Crippen molar-refractivity contribution in [1.82, 2.24) is 5.32 Å².